The van der Waals surface area contributed by atoms with E-state index in [1.54, 1.807) is 12.1 Å². The zero-order valence-electron chi connectivity index (χ0n) is 8.11. The summed E-state index contributed by atoms with van der Waals surface area (Å²) in [6.07, 6.45) is 0. The molecule has 0 radical (unpaired) electrons. The second-order valence-corrected chi connectivity index (χ2v) is 3.59. The number of hydrogen-bond acceptors (Lipinski definition) is 4. The van der Waals surface area contributed by atoms with Gasteiger partial charge >= 0.3 is 0 Å². The van der Waals surface area contributed by atoms with Gasteiger partial charge in [-0.05, 0) is 18.2 Å². The number of Topliss-reactive ketones (excluding diaryl/α,β-unsaturated/α-hetero) is 1. The second-order valence-electron chi connectivity index (χ2n) is 3.36. The van der Waals surface area contributed by atoms with Gasteiger partial charge in [-0.15, -0.1) is 0 Å². The highest BCUT2D eigenvalue weighted by atomic mass is 32.1. The number of carbonyl (C=O) groups excluding carboxylic acids is 1. The molecule has 14 heavy (non-hydrogen) atoms. The Morgan fingerprint density at radius 1 is 1.50 bits per heavy atom. The minimum atomic E-state index is -0.0488. The Kier molecular flexibility index (Phi) is 3.41. The third-order valence-corrected chi connectivity index (χ3v) is 2.17. The van der Waals surface area contributed by atoms with Crippen LogP contribution in [0.2, 0.25) is 0 Å². The van der Waals surface area contributed by atoms with Crippen LogP contribution in [0.15, 0.2) is 18.2 Å². The minimum absolute atomic E-state index is 0.0488. The summed E-state index contributed by atoms with van der Waals surface area (Å²) in [7, 11) is 0. The van der Waals surface area contributed by atoms with Crippen molar-refractivity contribution in [1.29, 1.82) is 0 Å². The van der Waals surface area contributed by atoms with Crippen molar-refractivity contribution in [3.05, 3.63) is 23.8 Å². The molecule has 0 saturated heterocycles. The monoisotopic (exact) mass is 211 g/mol. The fourth-order valence-corrected chi connectivity index (χ4v) is 1.29. The molecule has 0 amide bonds. The first-order chi connectivity index (χ1) is 6.56. The number of hydrogen-bond donors (Lipinski definition) is 3. The van der Waals surface area contributed by atoms with E-state index in [0.717, 1.165) is 0 Å². The number of thiol groups is 1. The van der Waals surface area contributed by atoms with Crippen molar-refractivity contribution >= 4 is 24.3 Å². The van der Waals surface area contributed by atoms with E-state index in [9.17, 15) is 9.90 Å². The Morgan fingerprint density at radius 3 is 2.64 bits per heavy atom. The molecular weight excluding hydrogens is 198 g/mol. The van der Waals surface area contributed by atoms with Crippen molar-refractivity contribution in [2.24, 2.45) is 5.92 Å². The number of aromatic hydroxyl groups is 1. The maximum Gasteiger partial charge on any atom is 0.165 e. The molecule has 0 aliphatic carbocycles. The molecule has 1 aromatic rings. The number of carbonyl (C=O) groups is 1. The average Bonchev–Trinajstić information content (AvgIpc) is 2.17. The summed E-state index contributed by atoms with van der Waals surface area (Å²) in [5, 5.41) is 9.33. The van der Waals surface area contributed by atoms with Gasteiger partial charge in [0.2, 0.25) is 0 Å². The van der Waals surface area contributed by atoms with Gasteiger partial charge < -0.3 is 9.83 Å². The van der Waals surface area contributed by atoms with E-state index in [-0.39, 0.29) is 17.5 Å². The van der Waals surface area contributed by atoms with Crippen molar-refractivity contribution < 1.29 is 9.90 Å². The molecule has 1 rings (SSSR count). The SMILES string of the molecule is CC(C)C(=O)c1ccc(O)c(NS)c1. The zero-order chi connectivity index (χ0) is 10.7. The summed E-state index contributed by atoms with van der Waals surface area (Å²) in [4.78, 5) is 11.6. The molecule has 0 bridgehead atoms. The number of nitrogens with one attached hydrogen (secondary N) is 1. The second kappa shape index (κ2) is 4.37. The van der Waals surface area contributed by atoms with Crippen LogP contribution in [0, 0.1) is 5.92 Å². The van der Waals surface area contributed by atoms with Crippen molar-refractivity contribution in [3.8, 4) is 5.75 Å². The number of phenols is 1. The number of benzene rings is 1. The van der Waals surface area contributed by atoms with Gasteiger partial charge in [0.1, 0.15) is 5.75 Å². The van der Waals surface area contributed by atoms with E-state index in [1.807, 2.05) is 13.8 Å². The van der Waals surface area contributed by atoms with Crippen LogP contribution in [0.25, 0.3) is 0 Å². The highest BCUT2D eigenvalue weighted by Gasteiger charge is 2.11. The molecule has 0 aromatic heterocycles. The van der Waals surface area contributed by atoms with E-state index in [2.05, 4.69) is 17.5 Å². The largest absolute Gasteiger partial charge is 0.506 e. The first-order valence-corrected chi connectivity index (χ1v) is 4.78. The summed E-state index contributed by atoms with van der Waals surface area (Å²) in [6, 6.07) is 4.67. The molecule has 0 atom stereocenters. The topological polar surface area (TPSA) is 49.3 Å². The Balaban J connectivity index is 3.06. The molecular formula is C10H13NO2S. The van der Waals surface area contributed by atoms with E-state index in [4.69, 9.17) is 0 Å². The summed E-state index contributed by atoms with van der Waals surface area (Å²) < 4.78 is 2.52. The molecule has 0 heterocycles. The lowest BCUT2D eigenvalue weighted by molar-refractivity contribution is 0.0939. The van der Waals surface area contributed by atoms with Crippen molar-refractivity contribution in [3.63, 3.8) is 0 Å². The van der Waals surface area contributed by atoms with Crippen LogP contribution in [0.1, 0.15) is 24.2 Å². The van der Waals surface area contributed by atoms with Crippen LogP contribution in [0.5, 0.6) is 5.75 Å². The number of ketones is 1. The van der Waals surface area contributed by atoms with Crippen molar-refractivity contribution in [2.75, 3.05) is 4.72 Å². The summed E-state index contributed by atoms with van der Waals surface area (Å²) in [6.45, 7) is 3.67. The molecule has 0 unspecified atom stereocenters. The Labute approximate surface area is 88.7 Å². The van der Waals surface area contributed by atoms with E-state index >= 15 is 0 Å². The normalized spacial score (nSPS) is 10.3. The maximum atomic E-state index is 11.6. The predicted molar refractivity (Wildman–Crippen MR) is 59.9 cm³/mol. The van der Waals surface area contributed by atoms with Gasteiger partial charge in [0.05, 0.1) is 5.69 Å². The third-order valence-electron chi connectivity index (χ3n) is 1.93. The number of anilines is 1. The molecule has 0 spiro atoms. The Hall–Kier alpha value is -1.16. The fourth-order valence-electron chi connectivity index (χ4n) is 1.11. The highest BCUT2D eigenvalue weighted by Crippen LogP contribution is 2.25. The zero-order valence-corrected chi connectivity index (χ0v) is 9.01. The Morgan fingerprint density at radius 2 is 2.14 bits per heavy atom. The van der Waals surface area contributed by atoms with Gasteiger partial charge in [0, 0.05) is 11.5 Å². The van der Waals surface area contributed by atoms with Crippen LogP contribution in [-0.4, -0.2) is 10.9 Å². The fraction of sp³-hybridized carbons (Fsp3) is 0.300. The average molecular weight is 211 g/mol. The summed E-state index contributed by atoms with van der Waals surface area (Å²) >= 11 is 3.83. The quantitative estimate of drug-likeness (QED) is 0.409. The summed E-state index contributed by atoms with van der Waals surface area (Å²) in [5.74, 6) is 0.0856. The van der Waals surface area contributed by atoms with Crippen LogP contribution in [0.4, 0.5) is 5.69 Å². The Bertz CT molecular complexity index is 350. The third kappa shape index (κ3) is 2.20. The molecule has 0 aliphatic heterocycles. The van der Waals surface area contributed by atoms with Gasteiger partial charge in [-0.2, -0.15) is 0 Å². The summed E-state index contributed by atoms with van der Waals surface area (Å²) in [5.41, 5.74) is 1.02. The maximum absolute atomic E-state index is 11.6. The van der Waals surface area contributed by atoms with E-state index < -0.39 is 0 Å². The molecule has 2 N–H and O–H groups in total. The van der Waals surface area contributed by atoms with E-state index in [1.165, 1.54) is 6.07 Å². The molecule has 0 saturated carbocycles. The smallest absolute Gasteiger partial charge is 0.165 e. The van der Waals surface area contributed by atoms with E-state index in [0.29, 0.717) is 11.3 Å². The molecule has 4 heteroatoms. The molecule has 0 fully saturated rings. The lowest BCUT2D eigenvalue weighted by Crippen LogP contribution is -2.07. The van der Waals surface area contributed by atoms with Gasteiger partial charge in [-0.3, -0.25) is 4.79 Å². The lowest BCUT2D eigenvalue weighted by atomic mass is 10.0. The van der Waals surface area contributed by atoms with Crippen LogP contribution < -0.4 is 4.72 Å². The first kappa shape index (κ1) is 10.9. The first-order valence-electron chi connectivity index (χ1n) is 4.33. The number of phenolic OH excluding ortho intramolecular Hbond substituents is 1. The standard InChI is InChI=1S/C10H13NO2S/c1-6(2)10(13)7-3-4-9(12)8(5-7)11-14/h3-6,11-12,14H,1-2H3. The van der Waals surface area contributed by atoms with Gasteiger partial charge in [-0.25, -0.2) is 0 Å². The van der Waals surface area contributed by atoms with Gasteiger partial charge in [0.15, 0.2) is 5.78 Å². The minimum Gasteiger partial charge on any atom is -0.506 e. The molecule has 0 aliphatic rings. The van der Waals surface area contributed by atoms with Gasteiger partial charge in [-0.1, -0.05) is 26.7 Å². The molecule has 3 nitrogen and oxygen atoms in total. The van der Waals surface area contributed by atoms with Crippen LogP contribution in [-0.2, 0) is 0 Å². The highest BCUT2D eigenvalue weighted by molar-refractivity contribution is 7.81. The van der Waals surface area contributed by atoms with Crippen LogP contribution in [0.3, 0.4) is 0 Å². The van der Waals surface area contributed by atoms with Crippen molar-refractivity contribution in [2.45, 2.75) is 13.8 Å². The van der Waals surface area contributed by atoms with Gasteiger partial charge in [0.25, 0.3) is 0 Å². The predicted octanol–water partition coefficient (Wildman–Crippen LogP) is 2.49. The lowest BCUT2D eigenvalue weighted by Gasteiger charge is -2.07. The van der Waals surface area contributed by atoms with Crippen LogP contribution >= 0.6 is 12.8 Å². The number of rotatable bonds is 3. The molecule has 1 aromatic carbocycles. The van der Waals surface area contributed by atoms with Crippen molar-refractivity contribution in [1.82, 2.24) is 0 Å². The molecule has 76 valence electrons.